The highest BCUT2D eigenvalue weighted by atomic mass is 16.5. The molecule has 0 fully saturated rings. The second-order valence-corrected chi connectivity index (χ2v) is 7.08. The fourth-order valence-corrected chi connectivity index (χ4v) is 2.60. The van der Waals surface area contributed by atoms with Gasteiger partial charge in [0.25, 0.3) is 5.91 Å². The minimum atomic E-state index is -0.152. The fourth-order valence-electron chi connectivity index (χ4n) is 2.60. The molecule has 4 heteroatoms. The SMILES string of the molecule is Cc1ccc(OC[C@@H](C)NC(=O)COc2cc(C)ccc2C(C)C)cc1. The molecule has 0 saturated heterocycles. The highest BCUT2D eigenvalue weighted by Gasteiger charge is 2.12. The second-order valence-electron chi connectivity index (χ2n) is 7.08. The third kappa shape index (κ3) is 6.10. The highest BCUT2D eigenvalue weighted by molar-refractivity contribution is 5.77. The van der Waals surface area contributed by atoms with E-state index in [9.17, 15) is 4.79 Å². The smallest absolute Gasteiger partial charge is 0.258 e. The number of carbonyl (C=O) groups is 1. The lowest BCUT2D eigenvalue weighted by Gasteiger charge is -2.17. The van der Waals surface area contributed by atoms with Crippen LogP contribution in [-0.2, 0) is 4.79 Å². The molecule has 2 rings (SSSR count). The van der Waals surface area contributed by atoms with Gasteiger partial charge in [-0.05, 0) is 56.0 Å². The topological polar surface area (TPSA) is 47.6 Å². The number of ether oxygens (including phenoxy) is 2. The summed E-state index contributed by atoms with van der Waals surface area (Å²) in [6, 6.07) is 13.9. The minimum Gasteiger partial charge on any atom is -0.491 e. The molecule has 0 heterocycles. The van der Waals surface area contributed by atoms with Crippen molar-refractivity contribution < 1.29 is 14.3 Å². The van der Waals surface area contributed by atoms with Gasteiger partial charge in [-0.1, -0.05) is 43.7 Å². The molecule has 0 unspecified atom stereocenters. The molecule has 0 aliphatic carbocycles. The average Bonchev–Trinajstić information content (AvgIpc) is 2.59. The molecule has 0 aliphatic heterocycles. The Labute approximate surface area is 156 Å². The second kappa shape index (κ2) is 9.27. The van der Waals surface area contributed by atoms with E-state index >= 15 is 0 Å². The van der Waals surface area contributed by atoms with Crippen LogP contribution in [0.5, 0.6) is 11.5 Å². The molecule has 0 radical (unpaired) electrons. The van der Waals surface area contributed by atoms with E-state index in [1.165, 1.54) is 5.56 Å². The van der Waals surface area contributed by atoms with Crippen LogP contribution in [0.4, 0.5) is 0 Å². The number of nitrogens with one attached hydrogen (secondary N) is 1. The molecule has 1 amide bonds. The summed E-state index contributed by atoms with van der Waals surface area (Å²) in [7, 11) is 0. The van der Waals surface area contributed by atoms with Crippen molar-refractivity contribution in [1.29, 1.82) is 0 Å². The summed E-state index contributed by atoms with van der Waals surface area (Å²) in [4.78, 5) is 12.2. The Morgan fingerprint density at radius 2 is 1.62 bits per heavy atom. The van der Waals surface area contributed by atoms with E-state index < -0.39 is 0 Å². The predicted molar refractivity (Wildman–Crippen MR) is 105 cm³/mol. The Morgan fingerprint density at radius 3 is 2.27 bits per heavy atom. The number of carbonyl (C=O) groups excluding carboxylic acids is 1. The van der Waals surface area contributed by atoms with Crippen LogP contribution in [-0.4, -0.2) is 25.2 Å². The standard InChI is InChI=1S/C22H29NO3/c1-15(2)20-11-8-17(4)12-21(20)26-14-22(24)23-18(5)13-25-19-9-6-16(3)7-10-19/h6-12,15,18H,13-14H2,1-5H3,(H,23,24)/t18-/m1/s1. The summed E-state index contributed by atoms with van der Waals surface area (Å²) in [6.45, 7) is 10.6. The highest BCUT2D eigenvalue weighted by Crippen LogP contribution is 2.27. The normalized spacial score (nSPS) is 11.9. The zero-order chi connectivity index (χ0) is 19.1. The first-order chi connectivity index (χ1) is 12.3. The van der Waals surface area contributed by atoms with Gasteiger partial charge in [0, 0.05) is 0 Å². The maximum absolute atomic E-state index is 12.2. The maximum Gasteiger partial charge on any atom is 0.258 e. The molecule has 0 saturated carbocycles. The molecule has 2 aromatic carbocycles. The van der Waals surface area contributed by atoms with Crippen molar-refractivity contribution in [2.24, 2.45) is 0 Å². The summed E-state index contributed by atoms with van der Waals surface area (Å²) in [5.41, 5.74) is 3.41. The first-order valence-electron chi connectivity index (χ1n) is 9.07. The van der Waals surface area contributed by atoms with Crippen molar-refractivity contribution in [3.63, 3.8) is 0 Å². The molecule has 0 spiro atoms. The van der Waals surface area contributed by atoms with E-state index in [0.29, 0.717) is 12.5 Å². The molecule has 2 aromatic rings. The van der Waals surface area contributed by atoms with Gasteiger partial charge >= 0.3 is 0 Å². The largest absolute Gasteiger partial charge is 0.491 e. The predicted octanol–water partition coefficient (Wildman–Crippen LogP) is 4.39. The van der Waals surface area contributed by atoms with Crippen LogP contribution in [0.2, 0.25) is 0 Å². The van der Waals surface area contributed by atoms with Crippen molar-refractivity contribution in [2.45, 2.75) is 46.6 Å². The summed E-state index contributed by atoms with van der Waals surface area (Å²) < 4.78 is 11.5. The molecular formula is C22H29NO3. The summed E-state index contributed by atoms with van der Waals surface area (Å²) >= 11 is 0. The van der Waals surface area contributed by atoms with Crippen LogP contribution >= 0.6 is 0 Å². The van der Waals surface area contributed by atoms with Gasteiger partial charge in [0.05, 0.1) is 6.04 Å². The molecule has 1 N–H and O–H groups in total. The van der Waals surface area contributed by atoms with Crippen LogP contribution in [0.3, 0.4) is 0 Å². The monoisotopic (exact) mass is 355 g/mol. The van der Waals surface area contributed by atoms with Gasteiger partial charge in [0.15, 0.2) is 6.61 Å². The lowest BCUT2D eigenvalue weighted by atomic mass is 10.0. The van der Waals surface area contributed by atoms with Crippen molar-refractivity contribution in [1.82, 2.24) is 5.32 Å². The lowest BCUT2D eigenvalue weighted by molar-refractivity contribution is -0.123. The first kappa shape index (κ1) is 19.8. The molecule has 1 atom stereocenters. The van der Waals surface area contributed by atoms with Gasteiger partial charge in [-0.25, -0.2) is 0 Å². The molecule has 0 aliphatic rings. The van der Waals surface area contributed by atoms with Gasteiger partial charge in [-0.15, -0.1) is 0 Å². The van der Waals surface area contributed by atoms with Crippen molar-refractivity contribution >= 4 is 5.91 Å². The summed E-state index contributed by atoms with van der Waals surface area (Å²) in [5.74, 6) is 1.77. The van der Waals surface area contributed by atoms with E-state index in [1.807, 2.05) is 51.1 Å². The van der Waals surface area contributed by atoms with Crippen LogP contribution in [0, 0.1) is 13.8 Å². The minimum absolute atomic E-state index is 0.00194. The van der Waals surface area contributed by atoms with E-state index in [1.54, 1.807) is 0 Å². The van der Waals surface area contributed by atoms with Crippen LogP contribution < -0.4 is 14.8 Å². The van der Waals surface area contributed by atoms with E-state index in [0.717, 1.165) is 22.6 Å². The molecular weight excluding hydrogens is 326 g/mol. The number of hydrogen-bond acceptors (Lipinski definition) is 3. The molecule has 0 bridgehead atoms. The fraction of sp³-hybridized carbons (Fsp3) is 0.409. The number of hydrogen-bond donors (Lipinski definition) is 1. The Morgan fingerprint density at radius 1 is 0.962 bits per heavy atom. The maximum atomic E-state index is 12.2. The Balaban J connectivity index is 1.81. The van der Waals surface area contributed by atoms with Gasteiger partial charge in [-0.3, -0.25) is 4.79 Å². The molecule has 26 heavy (non-hydrogen) atoms. The third-order valence-corrected chi connectivity index (χ3v) is 4.08. The number of rotatable bonds is 8. The van der Waals surface area contributed by atoms with Gasteiger partial charge in [0.2, 0.25) is 0 Å². The van der Waals surface area contributed by atoms with Crippen molar-refractivity contribution in [2.75, 3.05) is 13.2 Å². The number of benzene rings is 2. The molecule has 4 nitrogen and oxygen atoms in total. The number of amides is 1. The zero-order valence-electron chi connectivity index (χ0n) is 16.3. The first-order valence-corrected chi connectivity index (χ1v) is 9.07. The third-order valence-electron chi connectivity index (χ3n) is 4.08. The van der Waals surface area contributed by atoms with Gasteiger partial charge in [0.1, 0.15) is 18.1 Å². The Bertz CT molecular complexity index is 723. The van der Waals surface area contributed by atoms with Crippen LogP contribution in [0.25, 0.3) is 0 Å². The van der Waals surface area contributed by atoms with Crippen molar-refractivity contribution in [3.8, 4) is 11.5 Å². The summed E-state index contributed by atoms with van der Waals surface area (Å²) in [6.07, 6.45) is 0. The van der Waals surface area contributed by atoms with Gasteiger partial charge < -0.3 is 14.8 Å². The number of aryl methyl sites for hydroxylation is 2. The molecule has 0 aromatic heterocycles. The average molecular weight is 355 g/mol. The van der Waals surface area contributed by atoms with E-state index in [-0.39, 0.29) is 18.6 Å². The van der Waals surface area contributed by atoms with Gasteiger partial charge in [-0.2, -0.15) is 0 Å². The Hall–Kier alpha value is -2.49. The van der Waals surface area contributed by atoms with Crippen LogP contribution in [0.15, 0.2) is 42.5 Å². The summed E-state index contributed by atoms with van der Waals surface area (Å²) in [5, 5.41) is 2.91. The zero-order valence-corrected chi connectivity index (χ0v) is 16.3. The van der Waals surface area contributed by atoms with E-state index in [4.69, 9.17) is 9.47 Å². The van der Waals surface area contributed by atoms with Crippen LogP contribution in [0.1, 0.15) is 43.4 Å². The lowest BCUT2D eigenvalue weighted by Crippen LogP contribution is -2.39. The Kier molecular flexibility index (Phi) is 7.07. The molecule has 140 valence electrons. The van der Waals surface area contributed by atoms with E-state index in [2.05, 4.69) is 31.3 Å². The quantitative estimate of drug-likeness (QED) is 0.764. The van der Waals surface area contributed by atoms with Crippen molar-refractivity contribution in [3.05, 3.63) is 59.2 Å².